The van der Waals surface area contributed by atoms with Crippen molar-refractivity contribution >= 4 is 29.7 Å². The third-order valence-electron chi connectivity index (χ3n) is 11.8. The van der Waals surface area contributed by atoms with Gasteiger partial charge in [-0.25, -0.2) is 14.4 Å². The summed E-state index contributed by atoms with van der Waals surface area (Å²) < 4.78 is 63.6. The summed E-state index contributed by atoms with van der Waals surface area (Å²) in [5.41, 5.74) is 12.1. The number of benzene rings is 6. The number of azide groups is 1. The van der Waals surface area contributed by atoms with E-state index < -0.39 is 85.0 Å². The molecule has 6 aromatic carbocycles. The van der Waals surface area contributed by atoms with Gasteiger partial charge in [-0.05, 0) is 70.8 Å². The van der Waals surface area contributed by atoms with Crippen molar-refractivity contribution in [3.63, 3.8) is 0 Å². The molecule has 2 heterocycles. The van der Waals surface area contributed by atoms with Crippen molar-refractivity contribution in [1.29, 1.82) is 0 Å². The van der Waals surface area contributed by atoms with E-state index in [4.69, 9.17) is 47.4 Å². The fourth-order valence-corrected chi connectivity index (χ4v) is 9.31. The van der Waals surface area contributed by atoms with Crippen LogP contribution in [0.3, 0.4) is 0 Å². The first kappa shape index (κ1) is 51.3. The Balaban J connectivity index is 1.21. The molecule has 2 aliphatic heterocycles. The van der Waals surface area contributed by atoms with Gasteiger partial charge in [0, 0.05) is 9.81 Å². The number of esters is 3. The minimum atomic E-state index is -1.59. The number of nitrogens with zero attached hydrogens (tertiary/aromatic N) is 3. The van der Waals surface area contributed by atoms with E-state index in [1.807, 2.05) is 103 Å². The highest BCUT2D eigenvalue weighted by molar-refractivity contribution is 7.99. The lowest BCUT2D eigenvalue weighted by Gasteiger charge is -2.49. The molecule has 10 atom stereocenters. The molecule has 0 saturated carbocycles. The number of hydrogen-bond donors (Lipinski definition) is 0. The minimum Gasteiger partial charge on any atom is -0.497 e. The molecule has 0 aromatic heterocycles. The van der Waals surface area contributed by atoms with Crippen LogP contribution in [-0.2, 0) is 67.2 Å². The van der Waals surface area contributed by atoms with Crippen molar-refractivity contribution < 1.29 is 61.8 Å². The zero-order valence-corrected chi connectivity index (χ0v) is 40.2. The van der Waals surface area contributed by atoms with Gasteiger partial charge in [0.15, 0.2) is 18.5 Å². The van der Waals surface area contributed by atoms with Gasteiger partial charge in [-0.3, -0.25) is 0 Å². The summed E-state index contributed by atoms with van der Waals surface area (Å²) in [6.07, 6.45) is -10.6. The van der Waals surface area contributed by atoms with Crippen molar-refractivity contribution in [2.24, 2.45) is 5.11 Å². The molecular weight excluding hydrogens is 943 g/mol. The lowest BCUT2D eigenvalue weighted by Crippen LogP contribution is -2.66. The summed E-state index contributed by atoms with van der Waals surface area (Å²) in [7, 11) is 2.78. The Morgan fingerprint density at radius 3 is 1.65 bits per heavy atom. The molecule has 0 unspecified atom stereocenters. The summed E-state index contributed by atoms with van der Waals surface area (Å²) in [5, 5.41) is 4.23. The normalized spacial score (nSPS) is 23.7. The Labute approximate surface area is 421 Å². The van der Waals surface area contributed by atoms with Crippen LogP contribution in [0.25, 0.3) is 10.4 Å². The molecule has 8 rings (SSSR count). The number of rotatable bonds is 21. The van der Waals surface area contributed by atoms with E-state index in [9.17, 15) is 19.9 Å². The Bertz CT molecular complexity index is 2690. The zero-order chi connectivity index (χ0) is 50.1. The number of carbonyl (C=O) groups is 3. The SMILES string of the molecule is COC(=O)[C@@H]1O[C@@H](Sc2ccccc2)[C@H](OC(=O)c2ccccc2)[C@@H](OCc2ccccc2)[C@@H]1O[C@H]1O[C@H](COC(=O)c2ccccc2)[C@@H](OCc2ccc(OC)cc2)[C@H](OCc2ccccc2)[C@H]1N=[N+]=[N-]. The average Bonchev–Trinajstić information content (AvgIpc) is 3.43. The van der Waals surface area contributed by atoms with Crippen LogP contribution in [0.15, 0.2) is 186 Å². The molecule has 2 saturated heterocycles. The molecule has 0 aliphatic carbocycles. The van der Waals surface area contributed by atoms with Gasteiger partial charge in [-0.1, -0.05) is 144 Å². The Kier molecular flexibility index (Phi) is 18.4. The standard InChI is InChI=1S/C55H53N3O13S/c1-62-41-30-28-38(29-31-41)34-64-45-43(35-67-51(59)39-22-12-5-13-23-39)68-54(44(57-58-56)46(45)65-32-36-18-8-3-9-19-36)70-48-47(66-33-37-20-10-4-11-21-37)50(69-52(60)40-24-14-6-15-25-40)55(71-49(48)53(61)63-2)72-42-26-16-7-17-27-42/h3-31,43-50,54-55H,32-35H2,1-2H3/t43-,44-,45-,46-,47+,48+,49-,50-,54-,55+/m1/s1. The van der Waals surface area contributed by atoms with Crippen LogP contribution < -0.4 is 4.74 Å². The van der Waals surface area contributed by atoms with Crippen LogP contribution in [0.1, 0.15) is 37.4 Å². The second-order valence-electron chi connectivity index (χ2n) is 16.6. The van der Waals surface area contributed by atoms with Crippen LogP contribution in [0.5, 0.6) is 5.75 Å². The summed E-state index contributed by atoms with van der Waals surface area (Å²) in [5.74, 6) is -1.54. The van der Waals surface area contributed by atoms with E-state index in [0.29, 0.717) is 11.3 Å². The van der Waals surface area contributed by atoms with Gasteiger partial charge in [0.25, 0.3) is 0 Å². The lowest BCUT2D eigenvalue weighted by atomic mass is 9.95. The van der Waals surface area contributed by atoms with E-state index in [1.54, 1.807) is 79.9 Å². The van der Waals surface area contributed by atoms with E-state index >= 15 is 0 Å². The first-order chi connectivity index (χ1) is 35.3. The number of ether oxygens (including phenoxy) is 10. The van der Waals surface area contributed by atoms with Crippen LogP contribution in [0.4, 0.5) is 0 Å². The zero-order valence-electron chi connectivity index (χ0n) is 39.4. The fraction of sp³-hybridized carbons (Fsp3) is 0.291. The first-order valence-electron chi connectivity index (χ1n) is 23.2. The van der Waals surface area contributed by atoms with Crippen LogP contribution in [-0.4, -0.2) is 99.2 Å². The predicted octanol–water partition coefficient (Wildman–Crippen LogP) is 9.31. The summed E-state index contributed by atoms with van der Waals surface area (Å²) >= 11 is 1.21. The highest BCUT2D eigenvalue weighted by atomic mass is 32.2. The molecule has 2 fully saturated rings. The molecular formula is C55H53N3O13S. The Hall–Kier alpha value is -7.05. The first-order valence-corrected chi connectivity index (χ1v) is 24.0. The second-order valence-corrected chi connectivity index (χ2v) is 17.7. The molecule has 0 bridgehead atoms. The molecule has 6 aromatic rings. The lowest BCUT2D eigenvalue weighted by molar-refractivity contribution is -0.323. The highest BCUT2D eigenvalue weighted by Gasteiger charge is 2.56. The second kappa shape index (κ2) is 25.9. The van der Waals surface area contributed by atoms with Gasteiger partial charge in [0.05, 0.1) is 45.2 Å². The van der Waals surface area contributed by atoms with Gasteiger partial charge < -0.3 is 47.4 Å². The van der Waals surface area contributed by atoms with Gasteiger partial charge in [-0.15, -0.1) is 0 Å². The summed E-state index contributed by atoms with van der Waals surface area (Å²) in [6, 6.07) is 50.6. The number of carbonyl (C=O) groups excluding carboxylic acids is 3. The molecule has 0 N–H and O–H groups in total. The van der Waals surface area contributed by atoms with E-state index in [0.717, 1.165) is 21.6 Å². The molecule has 0 spiro atoms. The van der Waals surface area contributed by atoms with Gasteiger partial charge in [-0.2, -0.15) is 0 Å². The quantitative estimate of drug-likeness (QED) is 0.0218. The maximum atomic E-state index is 14.2. The number of methoxy groups -OCH3 is 2. The van der Waals surface area contributed by atoms with E-state index in [-0.39, 0.29) is 25.4 Å². The Morgan fingerprint density at radius 2 is 1.10 bits per heavy atom. The van der Waals surface area contributed by atoms with Crippen molar-refractivity contribution in [3.8, 4) is 5.75 Å². The Morgan fingerprint density at radius 1 is 0.583 bits per heavy atom. The monoisotopic (exact) mass is 995 g/mol. The molecule has 0 radical (unpaired) electrons. The molecule has 2 aliphatic rings. The van der Waals surface area contributed by atoms with Crippen molar-refractivity contribution in [3.05, 3.63) is 214 Å². The van der Waals surface area contributed by atoms with E-state index in [2.05, 4.69) is 10.0 Å². The molecule has 372 valence electrons. The van der Waals surface area contributed by atoms with Gasteiger partial charge in [0.2, 0.25) is 0 Å². The summed E-state index contributed by atoms with van der Waals surface area (Å²) in [4.78, 5) is 45.9. The smallest absolute Gasteiger partial charge is 0.338 e. The predicted molar refractivity (Wildman–Crippen MR) is 263 cm³/mol. The van der Waals surface area contributed by atoms with Crippen molar-refractivity contribution in [2.75, 3.05) is 20.8 Å². The molecule has 17 heteroatoms. The van der Waals surface area contributed by atoms with Crippen LogP contribution in [0.2, 0.25) is 0 Å². The maximum Gasteiger partial charge on any atom is 0.338 e. The van der Waals surface area contributed by atoms with Gasteiger partial charge in [0.1, 0.15) is 54.4 Å². The largest absolute Gasteiger partial charge is 0.497 e. The number of hydrogen-bond acceptors (Lipinski definition) is 15. The average molecular weight is 996 g/mol. The van der Waals surface area contributed by atoms with E-state index in [1.165, 1.54) is 18.9 Å². The van der Waals surface area contributed by atoms with Gasteiger partial charge >= 0.3 is 17.9 Å². The van der Waals surface area contributed by atoms with Crippen LogP contribution >= 0.6 is 11.8 Å². The van der Waals surface area contributed by atoms with Crippen LogP contribution in [0, 0.1) is 0 Å². The fourth-order valence-electron chi connectivity index (χ4n) is 8.21. The molecule has 72 heavy (non-hydrogen) atoms. The molecule has 16 nitrogen and oxygen atoms in total. The highest BCUT2D eigenvalue weighted by Crippen LogP contribution is 2.41. The molecule has 0 amide bonds. The third-order valence-corrected chi connectivity index (χ3v) is 13.0. The van der Waals surface area contributed by atoms with Crippen molar-refractivity contribution in [1.82, 2.24) is 0 Å². The summed E-state index contributed by atoms with van der Waals surface area (Å²) in [6.45, 7) is -0.386. The van der Waals surface area contributed by atoms with Crippen molar-refractivity contribution in [2.45, 2.75) is 85.2 Å². The topological polar surface area (TPSA) is 192 Å². The minimum absolute atomic E-state index is 0.0185. The third kappa shape index (κ3) is 13.5. The number of thioether (sulfide) groups is 1. The maximum absolute atomic E-state index is 14.2.